The first-order valence-corrected chi connectivity index (χ1v) is 10.6. The number of anilines is 2. The Morgan fingerprint density at radius 3 is 1.84 bits per heavy atom. The Labute approximate surface area is 183 Å². The average Bonchev–Trinajstić information content (AvgIpc) is 3.20. The highest BCUT2D eigenvalue weighted by Crippen LogP contribution is 2.43. The molecular formula is C28H25N3. The summed E-state index contributed by atoms with van der Waals surface area (Å²) in [5, 5.41) is 0. The molecule has 3 nitrogen and oxygen atoms in total. The molecule has 1 aliphatic heterocycles. The number of rotatable bonds is 4. The minimum absolute atomic E-state index is 0.121. The topological polar surface area (TPSA) is 19.4 Å². The van der Waals surface area contributed by atoms with Crippen molar-refractivity contribution in [1.82, 2.24) is 4.98 Å². The fraction of sp³-hybridized carbons (Fsp3) is 0.107. The molecule has 0 saturated heterocycles. The molecule has 0 N–H and O–H groups in total. The predicted octanol–water partition coefficient (Wildman–Crippen LogP) is 6.87. The molecule has 5 rings (SSSR count). The van der Waals surface area contributed by atoms with Crippen molar-refractivity contribution in [3.63, 3.8) is 0 Å². The molecule has 0 radical (unpaired) electrons. The number of nitrogens with zero attached hydrogens (tertiary/aromatic N) is 3. The van der Waals surface area contributed by atoms with Gasteiger partial charge in [-0.05, 0) is 36.6 Å². The molecule has 0 aliphatic carbocycles. The van der Waals surface area contributed by atoms with Gasteiger partial charge in [-0.25, -0.2) is 0 Å². The van der Waals surface area contributed by atoms with Gasteiger partial charge in [-0.15, -0.1) is 0 Å². The maximum atomic E-state index is 4.36. The van der Waals surface area contributed by atoms with E-state index in [9.17, 15) is 0 Å². The molecule has 152 valence electrons. The monoisotopic (exact) mass is 403 g/mol. The second-order valence-electron chi connectivity index (χ2n) is 7.84. The minimum Gasteiger partial charge on any atom is -0.324 e. The van der Waals surface area contributed by atoms with Crippen LogP contribution in [0.1, 0.15) is 12.5 Å². The number of para-hydroxylation sites is 1. The second-order valence-corrected chi connectivity index (χ2v) is 7.84. The molecule has 1 aliphatic rings. The number of benzene rings is 3. The van der Waals surface area contributed by atoms with Crippen LogP contribution in [0.3, 0.4) is 0 Å². The molecule has 2 heterocycles. The van der Waals surface area contributed by atoms with Gasteiger partial charge in [0.1, 0.15) is 6.17 Å². The van der Waals surface area contributed by atoms with Gasteiger partial charge in [-0.1, -0.05) is 78.9 Å². The molecule has 1 atom stereocenters. The smallest absolute Gasteiger partial charge is 0.107 e. The fourth-order valence-corrected chi connectivity index (χ4v) is 4.32. The first-order valence-electron chi connectivity index (χ1n) is 10.6. The molecule has 0 spiro atoms. The lowest BCUT2D eigenvalue weighted by molar-refractivity contribution is 0.748. The quantitative estimate of drug-likeness (QED) is 0.371. The molecule has 0 unspecified atom stereocenters. The summed E-state index contributed by atoms with van der Waals surface area (Å²) in [6.07, 6.45) is 8.26. The van der Waals surface area contributed by atoms with Crippen LogP contribution >= 0.6 is 0 Å². The molecule has 0 saturated carbocycles. The normalized spacial score (nSPS) is 15.5. The molecule has 3 aromatic carbocycles. The third-order valence-corrected chi connectivity index (χ3v) is 5.95. The van der Waals surface area contributed by atoms with Crippen LogP contribution in [0.4, 0.5) is 11.4 Å². The van der Waals surface area contributed by atoms with Crippen molar-refractivity contribution in [2.24, 2.45) is 0 Å². The van der Waals surface area contributed by atoms with Crippen LogP contribution in [0.15, 0.2) is 110 Å². The van der Waals surface area contributed by atoms with E-state index in [1.807, 2.05) is 12.4 Å². The van der Waals surface area contributed by atoms with Gasteiger partial charge in [0.05, 0.1) is 17.6 Å². The third-order valence-electron chi connectivity index (χ3n) is 5.95. The van der Waals surface area contributed by atoms with Gasteiger partial charge in [0.15, 0.2) is 0 Å². The highest BCUT2D eigenvalue weighted by Gasteiger charge is 2.29. The summed E-state index contributed by atoms with van der Waals surface area (Å²) < 4.78 is 0. The molecule has 3 heteroatoms. The average molecular weight is 404 g/mol. The molecular weight excluding hydrogens is 378 g/mol. The molecule has 0 amide bonds. The van der Waals surface area contributed by atoms with Crippen LogP contribution in [0.5, 0.6) is 0 Å². The Morgan fingerprint density at radius 1 is 0.677 bits per heavy atom. The highest BCUT2D eigenvalue weighted by atomic mass is 15.4. The Morgan fingerprint density at radius 2 is 1.26 bits per heavy atom. The zero-order chi connectivity index (χ0) is 21.2. The Kier molecular flexibility index (Phi) is 5.01. The van der Waals surface area contributed by atoms with E-state index in [1.54, 1.807) is 0 Å². The zero-order valence-electron chi connectivity index (χ0n) is 17.8. The van der Waals surface area contributed by atoms with Crippen molar-refractivity contribution >= 4 is 11.4 Å². The predicted molar refractivity (Wildman–Crippen MR) is 130 cm³/mol. The van der Waals surface area contributed by atoms with Crippen molar-refractivity contribution in [3.8, 4) is 22.3 Å². The molecule has 31 heavy (non-hydrogen) atoms. The van der Waals surface area contributed by atoms with E-state index in [0.29, 0.717) is 0 Å². The van der Waals surface area contributed by atoms with E-state index < -0.39 is 0 Å². The van der Waals surface area contributed by atoms with Gasteiger partial charge in [-0.2, -0.15) is 0 Å². The van der Waals surface area contributed by atoms with Gasteiger partial charge in [0.25, 0.3) is 0 Å². The number of hydrogen-bond acceptors (Lipinski definition) is 3. The number of aryl methyl sites for hydroxylation is 1. The SMILES string of the molecule is Cc1ccncc1N1C=CN(c2c(-c3ccccc3)cccc2-c2ccccc2)[C@H]1C. The molecule has 4 aromatic rings. The second kappa shape index (κ2) is 8.11. The molecule has 1 aromatic heterocycles. The van der Waals surface area contributed by atoms with E-state index >= 15 is 0 Å². The highest BCUT2D eigenvalue weighted by molar-refractivity contribution is 5.92. The summed E-state index contributed by atoms with van der Waals surface area (Å²) in [6.45, 7) is 4.37. The fourth-order valence-electron chi connectivity index (χ4n) is 4.32. The lowest BCUT2D eigenvalue weighted by Gasteiger charge is -2.33. The van der Waals surface area contributed by atoms with Gasteiger partial charge >= 0.3 is 0 Å². The van der Waals surface area contributed by atoms with Crippen LogP contribution < -0.4 is 9.80 Å². The molecule has 0 fully saturated rings. The van der Waals surface area contributed by atoms with Crippen molar-refractivity contribution in [2.75, 3.05) is 9.80 Å². The molecule has 0 bridgehead atoms. The lowest BCUT2D eigenvalue weighted by Crippen LogP contribution is -2.36. The Balaban J connectivity index is 1.66. The van der Waals surface area contributed by atoms with Crippen LogP contribution in [0, 0.1) is 6.92 Å². The summed E-state index contributed by atoms with van der Waals surface area (Å²) in [5.41, 5.74) is 8.44. The van der Waals surface area contributed by atoms with E-state index in [-0.39, 0.29) is 6.17 Å². The summed E-state index contributed by atoms with van der Waals surface area (Å²) in [5.74, 6) is 0. The van der Waals surface area contributed by atoms with Crippen LogP contribution in [-0.4, -0.2) is 11.1 Å². The van der Waals surface area contributed by atoms with Gasteiger partial charge < -0.3 is 9.80 Å². The van der Waals surface area contributed by atoms with Gasteiger partial charge in [0.2, 0.25) is 0 Å². The maximum absolute atomic E-state index is 4.36. The van der Waals surface area contributed by atoms with Crippen molar-refractivity contribution in [1.29, 1.82) is 0 Å². The Bertz CT molecular complexity index is 1160. The lowest BCUT2D eigenvalue weighted by atomic mass is 9.95. The Hall–Kier alpha value is -3.85. The summed E-state index contributed by atoms with van der Waals surface area (Å²) >= 11 is 0. The zero-order valence-corrected chi connectivity index (χ0v) is 17.8. The van der Waals surface area contributed by atoms with Crippen LogP contribution in [-0.2, 0) is 0 Å². The third kappa shape index (κ3) is 3.49. The van der Waals surface area contributed by atoms with Gasteiger partial charge in [0, 0.05) is 29.7 Å². The van der Waals surface area contributed by atoms with Crippen LogP contribution in [0.2, 0.25) is 0 Å². The van der Waals surface area contributed by atoms with E-state index in [0.717, 1.165) is 5.69 Å². The van der Waals surface area contributed by atoms with Crippen molar-refractivity contribution in [2.45, 2.75) is 20.0 Å². The van der Waals surface area contributed by atoms with Crippen LogP contribution in [0.25, 0.3) is 22.3 Å². The standard InChI is InChI=1S/C28H25N3/c1-21-16-17-29-20-27(21)30-18-19-31(22(30)2)28-25(23-10-5-3-6-11-23)14-9-15-26(28)24-12-7-4-8-13-24/h3-20,22H,1-2H3/t22-/m0/s1. The van der Waals surface area contributed by atoms with Gasteiger partial charge in [-0.3, -0.25) is 4.98 Å². The number of pyridine rings is 1. The van der Waals surface area contributed by atoms with E-state index in [2.05, 4.69) is 126 Å². The van der Waals surface area contributed by atoms with Crippen molar-refractivity contribution in [3.05, 3.63) is 115 Å². The summed E-state index contributed by atoms with van der Waals surface area (Å²) in [6, 6.07) is 29.9. The maximum Gasteiger partial charge on any atom is 0.107 e. The number of aromatic nitrogens is 1. The van der Waals surface area contributed by atoms with E-state index in [1.165, 1.54) is 33.5 Å². The summed E-state index contributed by atoms with van der Waals surface area (Å²) in [7, 11) is 0. The largest absolute Gasteiger partial charge is 0.324 e. The minimum atomic E-state index is 0.121. The first-order chi connectivity index (χ1) is 15.2. The number of hydrogen-bond donors (Lipinski definition) is 0. The van der Waals surface area contributed by atoms with Crippen molar-refractivity contribution < 1.29 is 0 Å². The first kappa shape index (κ1) is 19.1. The summed E-state index contributed by atoms with van der Waals surface area (Å²) in [4.78, 5) is 9.02. The van der Waals surface area contributed by atoms with E-state index in [4.69, 9.17) is 0 Å².